The summed E-state index contributed by atoms with van der Waals surface area (Å²) in [4.78, 5) is 14.1. The number of hydrogen-bond acceptors (Lipinski definition) is 5. The second kappa shape index (κ2) is 24.2. The van der Waals surface area contributed by atoms with Gasteiger partial charge in [0.15, 0.2) is 11.6 Å². The molecule has 0 spiro atoms. The lowest BCUT2D eigenvalue weighted by Crippen LogP contribution is -2.25. The molecule has 5 aromatic carbocycles. The number of aromatic nitrogens is 2. The number of benzene rings is 5. The normalized spacial score (nSPS) is 12.7. The molecule has 1 aliphatic rings. The van der Waals surface area contributed by atoms with Gasteiger partial charge < -0.3 is 4.74 Å². The predicted octanol–water partition coefficient (Wildman–Crippen LogP) is 21.0. The molecular formula is C66H74F2N2OS2. The van der Waals surface area contributed by atoms with Crippen LogP contribution in [0.2, 0.25) is 0 Å². The van der Waals surface area contributed by atoms with Crippen molar-refractivity contribution < 1.29 is 13.5 Å². The summed E-state index contributed by atoms with van der Waals surface area (Å²) in [6.45, 7) is 13.7. The highest BCUT2D eigenvalue weighted by Gasteiger charge is 2.42. The van der Waals surface area contributed by atoms with Crippen molar-refractivity contribution in [2.24, 2.45) is 0 Å². The molecule has 3 nitrogen and oxygen atoms in total. The molecule has 0 unspecified atom stereocenters. The number of unbranched alkanes of at least 4 members (excludes halogenated alkanes) is 13. The summed E-state index contributed by atoms with van der Waals surface area (Å²) in [6, 6.07) is 38.2. The second-order valence-corrected chi connectivity index (χ2v) is 23.2. The van der Waals surface area contributed by atoms with Crippen molar-refractivity contribution in [2.75, 3.05) is 6.61 Å². The molecule has 0 saturated heterocycles. The van der Waals surface area contributed by atoms with Gasteiger partial charge in [0.1, 0.15) is 16.8 Å². The van der Waals surface area contributed by atoms with E-state index in [1.807, 2.05) is 61.5 Å². The van der Waals surface area contributed by atoms with Gasteiger partial charge in [0, 0.05) is 36.1 Å². The molecular weight excluding hydrogens is 939 g/mol. The molecule has 0 N–H and O–H groups in total. The Bertz CT molecular complexity index is 3150. The third-order valence-corrected chi connectivity index (χ3v) is 17.4. The van der Waals surface area contributed by atoms with E-state index in [-0.39, 0.29) is 16.5 Å². The van der Waals surface area contributed by atoms with Crippen molar-refractivity contribution in [3.8, 4) is 70.7 Å². The molecule has 0 radical (unpaired) electrons. The van der Waals surface area contributed by atoms with Crippen LogP contribution >= 0.6 is 22.7 Å². The van der Waals surface area contributed by atoms with Gasteiger partial charge in [-0.2, -0.15) is 0 Å². The first-order valence-corrected chi connectivity index (χ1v) is 29.2. The molecule has 0 fully saturated rings. The van der Waals surface area contributed by atoms with Gasteiger partial charge in [0.2, 0.25) is 0 Å². The van der Waals surface area contributed by atoms with Crippen LogP contribution in [-0.4, -0.2) is 16.6 Å². The average molecular weight is 1010 g/mol. The summed E-state index contributed by atoms with van der Waals surface area (Å²) in [5.41, 5.74) is 12.8. The van der Waals surface area contributed by atoms with E-state index in [4.69, 9.17) is 14.7 Å². The maximum atomic E-state index is 17.5. The van der Waals surface area contributed by atoms with E-state index in [0.29, 0.717) is 38.8 Å². The lowest BCUT2D eigenvalue weighted by Gasteiger charge is -2.33. The first-order chi connectivity index (χ1) is 35.6. The van der Waals surface area contributed by atoms with E-state index in [1.165, 1.54) is 134 Å². The SMILES string of the molecule is CCCCCCCCC1(CCCCCCCC)c2cc(C)ccc2-c2ccc(-c3ccc(-c4c(F)c(F)c(-c5ccc(C)s5)c5nc(-c6cccc(OCCCCCC)c6)c(-c6cccc(C)c6)nc45)s3)cc21. The van der Waals surface area contributed by atoms with E-state index < -0.39 is 11.6 Å². The van der Waals surface area contributed by atoms with E-state index in [1.54, 1.807) is 0 Å². The topological polar surface area (TPSA) is 35.0 Å². The molecule has 0 bridgehead atoms. The maximum absolute atomic E-state index is 17.5. The van der Waals surface area contributed by atoms with Gasteiger partial charge in [-0.25, -0.2) is 18.7 Å². The minimum Gasteiger partial charge on any atom is -0.494 e. The van der Waals surface area contributed by atoms with Crippen LogP contribution < -0.4 is 4.74 Å². The van der Waals surface area contributed by atoms with Crippen LogP contribution in [-0.2, 0) is 5.41 Å². The number of rotatable bonds is 25. The molecule has 380 valence electrons. The van der Waals surface area contributed by atoms with Crippen LogP contribution in [0.15, 0.2) is 109 Å². The van der Waals surface area contributed by atoms with E-state index in [9.17, 15) is 0 Å². The summed E-state index contributed by atoms with van der Waals surface area (Å²) in [5.74, 6) is -1.08. The van der Waals surface area contributed by atoms with Gasteiger partial charge in [-0.3, -0.25) is 0 Å². The quantitative estimate of drug-likeness (QED) is 0.0535. The number of ether oxygens (including phenoxy) is 1. The van der Waals surface area contributed by atoms with Crippen LogP contribution in [0.5, 0.6) is 5.75 Å². The zero-order chi connectivity index (χ0) is 50.9. The van der Waals surface area contributed by atoms with Crippen molar-refractivity contribution in [1.82, 2.24) is 9.97 Å². The zero-order valence-electron chi connectivity index (χ0n) is 44.2. The van der Waals surface area contributed by atoms with Gasteiger partial charge in [0.05, 0.1) is 29.1 Å². The monoisotopic (exact) mass is 1010 g/mol. The van der Waals surface area contributed by atoms with E-state index in [0.717, 1.165) is 69.9 Å². The van der Waals surface area contributed by atoms with Crippen molar-refractivity contribution >= 4 is 33.7 Å². The Morgan fingerprint density at radius 3 is 1.60 bits per heavy atom. The molecule has 8 aromatic rings. The lowest BCUT2D eigenvalue weighted by atomic mass is 9.70. The molecule has 1 aliphatic carbocycles. The Morgan fingerprint density at radius 1 is 0.466 bits per heavy atom. The Kier molecular flexibility index (Phi) is 17.4. The van der Waals surface area contributed by atoms with Gasteiger partial charge in [-0.05, 0) is 116 Å². The summed E-state index contributed by atoms with van der Waals surface area (Å²) < 4.78 is 41.1. The highest BCUT2D eigenvalue weighted by molar-refractivity contribution is 7.19. The number of fused-ring (bicyclic) bond motifs is 4. The smallest absolute Gasteiger partial charge is 0.170 e. The zero-order valence-corrected chi connectivity index (χ0v) is 45.8. The highest BCUT2D eigenvalue weighted by Crippen LogP contribution is 2.56. The largest absolute Gasteiger partial charge is 0.494 e. The van der Waals surface area contributed by atoms with Crippen LogP contribution in [0.4, 0.5) is 8.78 Å². The standard InChI is InChI=1S/C66H74F2N2OS2/c1-7-10-13-16-18-20-37-66(38-21-19-17-14-11-8-2)53-41-45(5)29-32-51(53)52-33-31-47(43-54(52)66)55-35-36-57(73-55)59-61(68)60(67)58(56-34-30-46(6)72-56)64-65(59)69-62(48-26-23-25-44(4)40-48)63(70-64)49-27-24-28-50(42-49)71-39-22-15-12-9-3/h23-36,40-43H,7-22,37-39H2,1-6H3. The fraction of sp³-hybridized carbons (Fsp3) is 0.394. The van der Waals surface area contributed by atoms with Crippen molar-refractivity contribution in [3.05, 3.63) is 148 Å². The van der Waals surface area contributed by atoms with E-state index >= 15 is 8.78 Å². The third kappa shape index (κ3) is 11.4. The summed E-state index contributed by atoms with van der Waals surface area (Å²) in [6.07, 6.45) is 21.9. The van der Waals surface area contributed by atoms with Crippen molar-refractivity contribution in [2.45, 2.75) is 163 Å². The molecule has 3 aromatic heterocycles. The van der Waals surface area contributed by atoms with Gasteiger partial charge in [-0.1, -0.05) is 189 Å². The lowest BCUT2D eigenvalue weighted by molar-refractivity contribution is 0.305. The minimum atomic E-state index is -0.910. The number of hydrogen-bond donors (Lipinski definition) is 0. The number of thiophene rings is 2. The molecule has 9 rings (SSSR count). The highest BCUT2D eigenvalue weighted by atomic mass is 32.1. The summed E-state index contributed by atoms with van der Waals surface area (Å²) in [7, 11) is 0. The molecule has 0 atom stereocenters. The van der Waals surface area contributed by atoms with Gasteiger partial charge in [0.25, 0.3) is 0 Å². The molecule has 7 heteroatoms. The van der Waals surface area contributed by atoms with Gasteiger partial charge in [-0.15, -0.1) is 22.7 Å². The van der Waals surface area contributed by atoms with Crippen LogP contribution in [0.3, 0.4) is 0 Å². The first kappa shape index (κ1) is 52.4. The Balaban J connectivity index is 1.17. The average Bonchev–Trinajstić information content (AvgIpc) is 4.13. The second-order valence-electron chi connectivity index (χ2n) is 20.8. The molecule has 0 saturated carbocycles. The van der Waals surface area contributed by atoms with Gasteiger partial charge >= 0.3 is 0 Å². The Morgan fingerprint density at radius 2 is 0.986 bits per heavy atom. The van der Waals surface area contributed by atoms with E-state index in [2.05, 4.69) is 89.2 Å². The minimum absolute atomic E-state index is 0.0799. The Hall–Kier alpha value is -5.50. The first-order valence-electron chi connectivity index (χ1n) is 27.6. The molecule has 0 aliphatic heterocycles. The predicted molar refractivity (Wildman–Crippen MR) is 308 cm³/mol. The number of aryl methyl sites for hydroxylation is 3. The Labute approximate surface area is 442 Å². The molecule has 3 heterocycles. The molecule has 73 heavy (non-hydrogen) atoms. The maximum Gasteiger partial charge on any atom is 0.170 e. The van der Waals surface area contributed by atoms with Crippen molar-refractivity contribution in [3.63, 3.8) is 0 Å². The summed E-state index contributed by atoms with van der Waals surface area (Å²) in [5, 5.41) is 0. The van der Waals surface area contributed by atoms with Crippen LogP contribution in [0.25, 0.3) is 76.0 Å². The molecule has 0 amide bonds. The third-order valence-electron chi connectivity index (χ3n) is 15.2. The van der Waals surface area contributed by atoms with Crippen LogP contribution in [0.1, 0.15) is 163 Å². The van der Waals surface area contributed by atoms with Crippen molar-refractivity contribution in [1.29, 1.82) is 0 Å². The van der Waals surface area contributed by atoms with Crippen LogP contribution in [0, 0.1) is 32.4 Å². The number of halogens is 2. The summed E-state index contributed by atoms with van der Waals surface area (Å²) >= 11 is 2.94. The fourth-order valence-corrected chi connectivity index (χ4v) is 13.3. The fourth-order valence-electron chi connectivity index (χ4n) is 11.3. The number of nitrogens with zero attached hydrogens (tertiary/aromatic N) is 2.